The fourth-order valence-electron chi connectivity index (χ4n) is 3.04. The van der Waals surface area contributed by atoms with Crippen molar-refractivity contribution in [2.45, 2.75) is 31.8 Å². The molecule has 110 valence electrons. The lowest BCUT2D eigenvalue weighted by molar-refractivity contribution is 0.144. The van der Waals surface area contributed by atoms with E-state index in [-0.39, 0.29) is 0 Å². The first-order chi connectivity index (χ1) is 10.2. The molecule has 0 aliphatic carbocycles. The third kappa shape index (κ3) is 2.92. The molecule has 21 heavy (non-hydrogen) atoms. The Labute approximate surface area is 130 Å². The molecule has 1 aliphatic heterocycles. The van der Waals surface area contributed by atoms with Crippen LogP contribution in [0.2, 0.25) is 5.02 Å². The maximum atomic E-state index is 10.6. The Balaban J connectivity index is 1.83. The summed E-state index contributed by atoms with van der Waals surface area (Å²) in [6.07, 6.45) is 1.13. The van der Waals surface area contributed by atoms with E-state index >= 15 is 0 Å². The van der Waals surface area contributed by atoms with Crippen molar-refractivity contribution in [1.29, 1.82) is 0 Å². The minimum atomic E-state index is -0.500. The highest BCUT2D eigenvalue weighted by Gasteiger charge is 2.25. The number of hydrogen-bond acceptors (Lipinski definition) is 2. The van der Waals surface area contributed by atoms with E-state index in [2.05, 4.69) is 6.07 Å². The van der Waals surface area contributed by atoms with Gasteiger partial charge in [0.25, 0.3) is 0 Å². The third-order valence-electron chi connectivity index (χ3n) is 4.26. The van der Waals surface area contributed by atoms with Crippen molar-refractivity contribution in [3.63, 3.8) is 0 Å². The number of rotatable bonds is 3. The van der Waals surface area contributed by atoms with Crippen LogP contribution in [0, 0.1) is 6.92 Å². The van der Waals surface area contributed by atoms with E-state index in [1.54, 1.807) is 0 Å². The van der Waals surface area contributed by atoms with Crippen LogP contribution in [0.4, 0.5) is 0 Å². The van der Waals surface area contributed by atoms with Crippen molar-refractivity contribution >= 4 is 11.6 Å². The van der Waals surface area contributed by atoms with Gasteiger partial charge in [0.15, 0.2) is 0 Å². The van der Waals surface area contributed by atoms with Crippen molar-refractivity contribution in [3.05, 3.63) is 64.2 Å². The number of hydrogen-bond donors (Lipinski definition) is 1. The second-order valence-electron chi connectivity index (χ2n) is 5.58. The highest BCUT2D eigenvalue weighted by Crippen LogP contribution is 2.39. The average Bonchev–Trinajstić information content (AvgIpc) is 2.50. The Kier molecular flexibility index (Phi) is 4.18. The van der Waals surface area contributed by atoms with Crippen molar-refractivity contribution in [1.82, 2.24) is 0 Å². The number of aliphatic hydroxyl groups excluding tert-OH is 1. The summed E-state index contributed by atoms with van der Waals surface area (Å²) >= 11 is 6.15. The molecule has 0 fully saturated rings. The zero-order valence-electron chi connectivity index (χ0n) is 12.1. The van der Waals surface area contributed by atoms with Crippen LogP contribution >= 0.6 is 11.6 Å². The van der Waals surface area contributed by atoms with Crippen molar-refractivity contribution in [3.8, 4) is 5.75 Å². The second-order valence-corrected chi connectivity index (χ2v) is 5.98. The summed E-state index contributed by atoms with van der Waals surface area (Å²) in [6, 6.07) is 13.8. The first kappa shape index (κ1) is 14.4. The monoisotopic (exact) mass is 302 g/mol. The molecule has 2 atom stereocenters. The number of ether oxygens (including phenoxy) is 1. The van der Waals surface area contributed by atoms with E-state index in [0.717, 1.165) is 23.3 Å². The summed E-state index contributed by atoms with van der Waals surface area (Å²) in [5, 5.41) is 11.3. The van der Waals surface area contributed by atoms with Gasteiger partial charge in [-0.3, -0.25) is 0 Å². The van der Waals surface area contributed by atoms with Gasteiger partial charge in [-0.1, -0.05) is 41.9 Å². The van der Waals surface area contributed by atoms with E-state index < -0.39 is 6.10 Å². The summed E-state index contributed by atoms with van der Waals surface area (Å²) in [6.45, 7) is 2.67. The molecule has 2 nitrogen and oxygen atoms in total. The molecule has 0 saturated carbocycles. The van der Waals surface area contributed by atoms with Crippen LogP contribution in [0.3, 0.4) is 0 Å². The smallest absolute Gasteiger partial charge is 0.122 e. The van der Waals surface area contributed by atoms with E-state index in [9.17, 15) is 5.11 Å². The Morgan fingerprint density at radius 1 is 1.24 bits per heavy atom. The van der Waals surface area contributed by atoms with Crippen LogP contribution in [0.5, 0.6) is 5.75 Å². The van der Waals surface area contributed by atoms with Gasteiger partial charge in [0.2, 0.25) is 0 Å². The van der Waals surface area contributed by atoms with E-state index in [0.29, 0.717) is 24.0 Å². The molecule has 3 rings (SSSR count). The standard InChI is InChI=1S/C18H19ClO2/c1-12-14(6-4-7-16(12)19)17(20)11-13-9-10-21-18-8-3-2-5-15(13)18/h2-8,13,17,20H,9-11H2,1H3. The number of benzene rings is 2. The minimum Gasteiger partial charge on any atom is -0.493 e. The fraction of sp³-hybridized carbons (Fsp3) is 0.333. The zero-order valence-corrected chi connectivity index (χ0v) is 12.8. The number of aliphatic hydroxyl groups is 1. The molecule has 0 spiro atoms. The van der Waals surface area contributed by atoms with Gasteiger partial charge in [-0.25, -0.2) is 0 Å². The molecule has 0 amide bonds. The molecule has 2 aromatic carbocycles. The second kappa shape index (κ2) is 6.08. The van der Waals surface area contributed by atoms with Crippen LogP contribution in [-0.2, 0) is 0 Å². The van der Waals surface area contributed by atoms with E-state index in [1.807, 2.05) is 43.3 Å². The highest BCUT2D eigenvalue weighted by molar-refractivity contribution is 6.31. The van der Waals surface area contributed by atoms with E-state index in [1.165, 1.54) is 5.56 Å². The summed E-state index contributed by atoms with van der Waals surface area (Å²) < 4.78 is 5.68. The third-order valence-corrected chi connectivity index (χ3v) is 4.67. The molecule has 2 aromatic rings. The quantitative estimate of drug-likeness (QED) is 0.895. The molecule has 1 N–H and O–H groups in total. The Morgan fingerprint density at radius 3 is 2.90 bits per heavy atom. The molecule has 2 unspecified atom stereocenters. The van der Waals surface area contributed by atoms with Crippen LogP contribution in [-0.4, -0.2) is 11.7 Å². The maximum Gasteiger partial charge on any atom is 0.122 e. The lowest BCUT2D eigenvalue weighted by Crippen LogP contribution is -2.16. The summed E-state index contributed by atoms with van der Waals surface area (Å²) in [5.74, 6) is 1.27. The van der Waals surface area contributed by atoms with Gasteiger partial charge in [-0.2, -0.15) is 0 Å². The summed E-state index contributed by atoms with van der Waals surface area (Å²) in [5.41, 5.74) is 3.08. The van der Waals surface area contributed by atoms with Crippen LogP contribution in [0.1, 0.15) is 41.6 Å². The topological polar surface area (TPSA) is 29.5 Å². The number of para-hydroxylation sites is 1. The first-order valence-corrected chi connectivity index (χ1v) is 7.69. The molecule has 0 bridgehead atoms. The Hall–Kier alpha value is -1.51. The van der Waals surface area contributed by atoms with E-state index in [4.69, 9.17) is 16.3 Å². The Morgan fingerprint density at radius 2 is 2.05 bits per heavy atom. The van der Waals surface area contributed by atoms with Gasteiger partial charge in [0.05, 0.1) is 12.7 Å². The van der Waals surface area contributed by atoms with Crippen molar-refractivity contribution in [2.24, 2.45) is 0 Å². The van der Waals surface area contributed by atoms with Gasteiger partial charge in [0.1, 0.15) is 5.75 Å². The lowest BCUT2D eigenvalue weighted by Gasteiger charge is -2.28. The Bertz CT molecular complexity index is 639. The van der Waals surface area contributed by atoms with Gasteiger partial charge in [0, 0.05) is 5.02 Å². The van der Waals surface area contributed by atoms with Gasteiger partial charge < -0.3 is 9.84 Å². The summed E-state index contributed by atoms with van der Waals surface area (Å²) in [7, 11) is 0. The predicted octanol–water partition coefficient (Wildman–Crippen LogP) is 4.64. The minimum absolute atomic E-state index is 0.323. The molecule has 1 heterocycles. The predicted molar refractivity (Wildman–Crippen MR) is 85.1 cm³/mol. The molecular formula is C18H19ClO2. The average molecular weight is 303 g/mol. The molecule has 3 heteroatoms. The van der Waals surface area contributed by atoms with Crippen LogP contribution in [0.25, 0.3) is 0 Å². The molecule has 1 aliphatic rings. The van der Waals surface area contributed by atoms with Gasteiger partial charge in [-0.05, 0) is 54.5 Å². The zero-order chi connectivity index (χ0) is 14.8. The van der Waals surface area contributed by atoms with Gasteiger partial charge in [-0.15, -0.1) is 0 Å². The molecule has 0 saturated heterocycles. The van der Waals surface area contributed by atoms with Crippen molar-refractivity contribution < 1.29 is 9.84 Å². The van der Waals surface area contributed by atoms with Crippen molar-refractivity contribution in [2.75, 3.05) is 6.61 Å². The molecular weight excluding hydrogens is 284 g/mol. The normalized spacial score (nSPS) is 18.7. The van der Waals surface area contributed by atoms with Crippen LogP contribution in [0.15, 0.2) is 42.5 Å². The number of halogens is 1. The molecule has 0 aromatic heterocycles. The fourth-order valence-corrected chi connectivity index (χ4v) is 3.22. The molecule has 0 radical (unpaired) electrons. The summed E-state index contributed by atoms with van der Waals surface area (Å²) in [4.78, 5) is 0. The maximum absolute atomic E-state index is 10.6. The SMILES string of the molecule is Cc1c(Cl)cccc1C(O)CC1CCOc2ccccc21. The van der Waals surface area contributed by atoms with Crippen LogP contribution < -0.4 is 4.74 Å². The highest BCUT2D eigenvalue weighted by atomic mass is 35.5. The van der Waals surface area contributed by atoms with Gasteiger partial charge >= 0.3 is 0 Å². The lowest BCUT2D eigenvalue weighted by atomic mass is 9.86. The first-order valence-electron chi connectivity index (χ1n) is 7.31. The largest absolute Gasteiger partial charge is 0.493 e. The number of fused-ring (bicyclic) bond motifs is 1.